The van der Waals surface area contributed by atoms with E-state index in [0.717, 1.165) is 20.8 Å². The summed E-state index contributed by atoms with van der Waals surface area (Å²) in [5.41, 5.74) is 0. The Labute approximate surface area is 104 Å². The van der Waals surface area contributed by atoms with Crippen molar-refractivity contribution in [2.45, 2.75) is 20.8 Å². The monoisotopic (exact) mass is 219 g/mol. The molecule has 0 bridgehead atoms. The molecule has 0 fully saturated rings. The second-order valence-electron chi connectivity index (χ2n) is 1.56. The summed E-state index contributed by atoms with van der Waals surface area (Å²) in [6.45, 7) is 3.25. The molecule has 0 spiro atoms. The summed E-state index contributed by atoms with van der Waals surface area (Å²) in [6.07, 6.45) is 0. The largest absolute Gasteiger partial charge is 1.00 e. The molecule has 0 aromatic carbocycles. The van der Waals surface area contributed by atoms with E-state index in [-0.39, 0.29) is 35.7 Å². The quantitative estimate of drug-likeness (QED) is 0.401. The standard InChI is InChI=1S/3C2H4O2.H2N.Na/c3*1-2(3)4;;/h3*1H3,(H,3,4);1H2;/q;;;-1;+1. The molecule has 0 aromatic rings. The molecule has 0 aromatic heterocycles. The van der Waals surface area contributed by atoms with Gasteiger partial charge in [-0.2, -0.15) is 0 Å². The Kier molecular flexibility index (Phi) is 47.6. The molecular formula is C6H14NNaO6. The second-order valence-corrected chi connectivity index (χ2v) is 1.56. The van der Waals surface area contributed by atoms with Gasteiger partial charge in [-0.25, -0.2) is 0 Å². The van der Waals surface area contributed by atoms with Crippen molar-refractivity contribution in [2.24, 2.45) is 0 Å². The third-order valence-electron chi connectivity index (χ3n) is 0. The summed E-state index contributed by atoms with van der Waals surface area (Å²) in [6, 6.07) is 0. The van der Waals surface area contributed by atoms with E-state index < -0.39 is 17.9 Å². The van der Waals surface area contributed by atoms with E-state index >= 15 is 0 Å². The fourth-order valence-corrected chi connectivity index (χ4v) is 0. The van der Waals surface area contributed by atoms with Crippen molar-refractivity contribution >= 4 is 17.9 Å². The molecule has 0 rings (SSSR count). The number of aliphatic carboxylic acids is 3. The Balaban J connectivity index is -0.0000000270. The predicted molar refractivity (Wildman–Crippen MR) is 45.2 cm³/mol. The third-order valence-corrected chi connectivity index (χ3v) is 0. The summed E-state index contributed by atoms with van der Waals surface area (Å²) >= 11 is 0. The van der Waals surface area contributed by atoms with Gasteiger partial charge in [0.05, 0.1) is 0 Å². The molecule has 0 saturated heterocycles. The maximum absolute atomic E-state index is 9.00. The molecule has 0 aliphatic heterocycles. The van der Waals surface area contributed by atoms with Crippen LogP contribution in [0.3, 0.4) is 0 Å². The molecule has 7 nitrogen and oxygen atoms in total. The summed E-state index contributed by atoms with van der Waals surface area (Å²) in [5, 5.41) is 22.2. The minimum Gasteiger partial charge on any atom is -0.693 e. The minimum absolute atomic E-state index is 0. The zero-order valence-electron chi connectivity index (χ0n) is 8.64. The van der Waals surface area contributed by atoms with Crippen LogP contribution in [0.4, 0.5) is 0 Å². The van der Waals surface area contributed by atoms with E-state index in [0.29, 0.717) is 0 Å². The van der Waals surface area contributed by atoms with E-state index in [1.807, 2.05) is 0 Å². The average molecular weight is 219 g/mol. The van der Waals surface area contributed by atoms with Gasteiger partial charge in [0, 0.05) is 20.8 Å². The van der Waals surface area contributed by atoms with Crippen molar-refractivity contribution in [3.8, 4) is 0 Å². The van der Waals surface area contributed by atoms with Gasteiger partial charge < -0.3 is 21.5 Å². The van der Waals surface area contributed by atoms with Gasteiger partial charge >= 0.3 is 29.6 Å². The molecule has 0 amide bonds. The van der Waals surface area contributed by atoms with Crippen LogP contribution < -0.4 is 29.6 Å². The number of nitrogens with two attached hydrogens (primary N) is 1. The Hall–Kier alpha value is -0.630. The van der Waals surface area contributed by atoms with Gasteiger partial charge in [-0.1, -0.05) is 0 Å². The first-order valence-electron chi connectivity index (χ1n) is 2.78. The number of carboxylic acid groups (broad SMARTS) is 3. The number of hydrogen-bond acceptors (Lipinski definition) is 3. The average Bonchev–Trinajstić information content (AvgIpc) is 1.54. The van der Waals surface area contributed by atoms with Crippen molar-refractivity contribution in [3.05, 3.63) is 6.15 Å². The van der Waals surface area contributed by atoms with Crippen molar-refractivity contribution < 1.29 is 59.3 Å². The molecule has 14 heavy (non-hydrogen) atoms. The van der Waals surface area contributed by atoms with Gasteiger partial charge in [-0.3, -0.25) is 14.4 Å². The van der Waals surface area contributed by atoms with E-state index in [2.05, 4.69) is 0 Å². The van der Waals surface area contributed by atoms with E-state index in [1.54, 1.807) is 0 Å². The summed E-state index contributed by atoms with van der Waals surface area (Å²) in [7, 11) is 0. The van der Waals surface area contributed by atoms with Gasteiger partial charge in [0.15, 0.2) is 0 Å². The number of rotatable bonds is 0. The van der Waals surface area contributed by atoms with Crippen LogP contribution in [0.15, 0.2) is 0 Å². The fraction of sp³-hybridized carbons (Fsp3) is 0.500. The number of carbonyl (C=O) groups is 3. The molecule has 0 atom stereocenters. The van der Waals surface area contributed by atoms with Crippen LogP contribution in [0.5, 0.6) is 0 Å². The molecule has 5 N–H and O–H groups in total. The van der Waals surface area contributed by atoms with Crippen LogP contribution in [0.2, 0.25) is 0 Å². The van der Waals surface area contributed by atoms with Gasteiger partial charge in [-0.15, -0.1) is 0 Å². The van der Waals surface area contributed by atoms with E-state index in [4.69, 9.17) is 29.7 Å². The van der Waals surface area contributed by atoms with Crippen LogP contribution in [0.25, 0.3) is 6.15 Å². The fourth-order valence-electron chi connectivity index (χ4n) is 0. The first-order chi connectivity index (χ1) is 5.20. The molecule has 0 aliphatic carbocycles. The van der Waals surface area contributed by atoms with Crippen molar-refractivity contribution in [1.29, 1.82) is 0 Å². The first-order valence-corrected chi connectivity index (χ1v) is 2.78. The summed E-state index contributed by atoms with van der Waals surface area (Å²) < 4.78 is 0. The summed E-state index contributed by atoms with van der Waals surface area (Å²) in [5.74, 6) is -2.50. The Morgan fingerprint density at radius 2 is 0.714 bits per heavy atom. The van der Waals surface area contributed by atoms with Crippen molar-refractivity contribution in [1.82, 2.24) is 0 Å². The predicted octanol–water partition coefficient (Wildman–Crippen LogP) is -2.01. The molecule has 0 heterocycles. The molecule has 8 heteroatoms. The summed E-state index contributed by atoms with van der Waals surface area (Å²) in [4.78, 5) is 27.0. The van der Waals surface area contributed by atoms with Gasteiger partial charge in [0.25, 0.3) is 17.9 Å². The number of hydrogen-bond donors (Lipinski definition) is 3. The maximum Gasteiger partial charge on any atom is 1.00 e. The maximum atomic E-state index is 9.00. The van der Waals surface area contributed by atoms with Crippen LogP contribution in [0, 0.1) is 0 Å². The normalized spacial score (nSPS) is 5.36. The van der Waals surface area contributed by atoms with E-state index in [9.17, 15) is 0 Å². The van der Waals surface area contributed by atoms with Crippen LogP contribution in [-0.4, -0.2) is 33.2 Å². The van der Waals surface area contributed by atoms with Crippen LogP contribution in [0.1, 0.15) is 20.8 Å². The third kappa shape index (κ3) is 3080. The molecule has 0 saturated carbocycles. The molecule has 80 valence electrons. The number of carboxylic acids is 3. The molecule has 0 radical (unpaired) electrons. The zero-order chi connectivity index (χ0) is 10.7. The second kappa shape index (κ2) is 22.8. The zero-order valence-corrected chi connectivity index (χ0v) is 10.6. The Morgan fingerprint density at radius 1 is 0.714 bits per heavy atom. The van der Waals surface area contributed by atoms with Crippen molar-refractivity contribution in [2.75, 3.05) is 0 Å². The minimum atomic E-state index is -0.833. The SMILES string of the molecule is CC(=O)O.CC(=O)O.CC(=O)O.[NH2-].[Na+]. The van der Waals surface area contributed by atoms with Crippen molar-refractivity contribution in [3.63, 3.8) is 0 Å². The Morgan fingerprint density at radius 3 is 0.714 bits per heavy atom. The Bertz CT molecular complexity index is 120. The van der Waals surface area contributed by atoms with Gasteiger partial charge in [-0.05, 0) is 0 Å². The van der Waals surface area contributed by atoms with E-state index in [1.165, 1.54) is 0 Å². The van der Waals surface area contributed by atoms with Gasteiger partial charge in [0.2, 0.25) is 0 Å². The molecule has 0 unspecified atom stereocenters. The van der Waals surface area contributed by atoms with Crippen LogP contribution >= 0.6 is 0 Å². The topological polar surface area (TPSA) is 145 Å². The molecular weight excluding hydrogens is 205 g/mol. The van der Waals surface area contributed by atoms with Gasteiger partial charge in [0.1, 0.15) is 0 Å². The smallest absolute Gasteiger partial charge is 0.693 e. The molecule has 0 aliphatic rings. The first kappa shape index (κ1) is 29.2. The van der Waals surface area contributed by atoms with Crippen LogP contribution in [-0.2, 0) is 14.4 Å².